The van der Waals surface area contributed by atoms with Crippen LogP contribution in [0.25, 0.3) is 54.6 Å². The van der Waals surface area contributed by atoms with Gasteiger partial charge in [0.15, 0.2) is 0 Å². The Balaban J connectivity index is 1.51. The summed E-state index contributed by atoms with van der Waals surface area (Å²) >= 11 is 0. The third-order valence-corrected chi connectivity index (χ3v) is 9.12. The third-order valence-electron chi connectivity index (χ3n) is 9.12. The zero-order valence-corrected chi connectivity index (χ0v) is 21.2. The maximum atomic E-state index is 14.0. The first-order valence-electron chi connectivity index (χ1n) is 13.7. The van der Waals surface area contributed by atoms with Gasteiger partial charge in [-0.1, -0.05) is 97.1 Å². The van der Waals surface area contributed by atoms with Crippen molar-refractivity contribution in [2.24, 2.45) is 0 Å². The minimum absolute atomic E-state index is 0.233. The number of fused-ring (bicyclic) bond motifs is 8. The first kappa shape index (κ1) is 22.8. The Labute approximate surface area is 224 Å². The fourth-order valence-corrected chi connectivity index (χ4v) is 7.61. The van der Waals surface area contributed by atoms with Gasteiger partial charge in [0.2, 0.25) is 0 Å². The fourth-order valence-electron chi connectivity index (χ4n) is 7.61. The maximum absolute atomic E-state index is 14.0. The summed E-state index contributed by atoms with van der Waals surface area (Å²) in [6.45, 7) is 0. The van der Waals surface area contributed by atoms with Gasteiger partial charge in [0.05, 0.1) is 5.56 Å². The molecule has 0 aliphatic heterocycles. The van der Waals surface area contributed by atoms with Gasteiger partial charge in [-0.3, -0.25) is 0 Å². The highest BCUT2D eigenvalue weighted by Crippen LogP contribution is 2.57. The molecule has 6 aromatic rings. The van der Waals surface area contributed by atoms with E-state index in [1.807, 2.05) is 24.3 Å². The molecule has 0 radical (unpaired) electrons. The average molecular weight is 515 g/mol. The topological polar surface area (TPSA) is 0 Å². The molecule has 0 amide bonds. The lowest BCUT2D eigenvalue weighted by Crippen LogP contribution is -2.06. The second-order valence-corrected chi connectivity index (χ2v) is 11.1. The minimum atomic E-state index is -4.42. The molecule has 1 fully saturated rings. The van der Waals surface area contributed by atoms with Crippen molar-refractivity contribution in [1.82, 2.24) is 0 Å². The largest absolute Gasteiger partial charge is 0.417 e. The zero-order valence-electron chi connectivity index (χ0n) is 21.2. The molecular formula is C36H25F3. The Morgan fingerprint density at radius 2 is 1.03 bits per heavy atom. The molecule has 2 atom stereocenters. The smallest absolute Gasteiger partial charge is 0.166 e. The van der Waals surface area contributed by atoms with Crippen molar-refractivity contribution in [3.05, 3.63) is 120 Å². The van der Waals surface area contributed by atoms with E-state index < -0.39 is 11.7 Å². The van der Waals surface area contributed by atoms with E-state index in [1.54, 1.807) is 18.2 Å². The Morgan fingerprint density at radius 3 is 1.64 bits per heavy atom. The van der Waals surface area contributed by atoms with E-state index in [0.29, 0.717) is 17.2 Å². The highest BCUT2D eigenvalue weighted by atomic mass is 19.4. The standard InChI is InChI=1S/C36H25F3/c37-36(38,39)32-19-18-30(24-8-1-2-9-25(24)32)34-26-10-3-5-12-28(26)35(29-13-6-4-11-27(29)34)31-15-7-14-23-21-16-17-22(20-21)33(23)31/h1-15,18-19,21-22H,16-17,20H2. The van der Waals surface area contributed by atoms with Gasteiger partial charge in [0.25, 0.3) is 0 Å². The van der Waals surface area contributed by atoms with E-state index in [2.05, 4.69) is 54.6 Å². The molecule has 6 aromatic carbocycles. The highest BCUT2D eigenvalue weighted by molar-refractivity contribution is 6.23. The van der Waals surface area contributed by atoms with Gasteiger partial charge in [-0.2, -0.15) is 13.2 Å². The lowest BCUT2D eigenvalue weighted by Gasteiger charge is -2.23. The van der Waals surface area contributed by atoms with E-state index in [-0.39, 0.29) is 5.39 Å². The lowest BCUT2D eigenvalue weighted by molar-refractivity contribution is -0.136. The molecule has 2 bridgehead atoms. The summed E-state index contributed by atoms with van der Waals surface area (Å²) in [6, 6.07) is 33.5. The van der Waals surface area contributed by atoms with Gasteiger partial charge in [-0.05, 0) is 103 Å². The summed E-state index contributed by atoms with van der Waals surface area (Å²) < 4.78 is 41.9. The second-order valence-electron chi connectivity index (χ2n) is 11.1. The molecule has 39 heavy (non-hydrogen) atoms. The zero-order chi connectivity index (χ0) is 26.3. The molecule has 0 N–H and O–H groups in total. The molecule has 0 heterocycles. The van der Waals surface area contributed by atoms with E-state index >= 15 is 0 Å². The molecule has 2 aliphatic rings. The van der Waals surface area contributed by atoms with Crippen LogP contribution in [0.2, 0.25) is 0 Å². The predicted molar refractivity (Wildman–Crippen MR) is 154 cm³/mol. The van der Waals surface area contributed by atoms with Crippen LogP contribution < -0.4 is 0 Å². The predicted octanol–water partition coefficient (Wildman–Crippen LogP) is 10.9. The van der Waals surface area contributed by atoms with E-state index in [0.717, 1.165) is 32.7 Å². The monoisotopic (exact) mass is 514 g/mol. The second kappa shape index (κ2) is 8.19. The van der Waals surface area contributed by atoms with E-state index in [4.69, 9.17) is 0 Å². The van der Waals surface area contributed by atoms with Crippen molar-refractivity contribution >= 4 is 32.3 Å². The van der Waals surface area contributed by atoms with Gasteiger partial charge in [-0.15, -0.1) is 0 Å². The Kier molecular flexibility index (Phi) is 4.80. The van der Waals surface area contributed by atoms with Crippen LogP contribution in [0.15, 0.2) is 103 Å². The summed E-state index contributed by atoms with van der Waals surface area (Å²) in [7, 11) is 0. The van der Waals surface area contributed by atoms with Gasteiger partial charge < -0.3 is 0 Å². The quantitative estimate of drug-likeness (QED) is 0.202. The third kappa shape index (κ3) is 3.26. The van der Waals surface area contributed by atoms with Gasteiger partial charge in [-0.25, -0.2) is 0 Å². The molecule has 2 aliphatic carbocycles. The van der Waals surface area contributed by atoms with E-state index in [9.17, 15) is 13.2 Å². The molecule has 0 spiro atoms. The Hall–Kier alpha value is -4.11. The maximum Gasteiger partial charge on any atom is 0.417 e. The molecule has 190 valence electrons. The number of alkyl halides is 3. The van der Waals surface area contributed by atoms with Crippen LogP contribution in [-0.2, 0) is 6.18 Å². The normalized spacial score (nSPS) is 18.3. The number of benzene rings is 6. The molecule has 0 nitrogen and oxygen atoms in total. The summed E-state index contributed by atoms with van der Waals surface area (Å²) in [4.78, 5) is 0. The molecule has 2 unspecified atom stereocenters. The van der Waals surface area contributed by atoms with Crippen molar-refractivity contribution in [3.63, 3.8) is 0 Å². The Morgan fingerprint density at radius 1 is 0.487 bits per heavy atom. The van der Waals surface area contributed by atoms with Crippen LogP contribution >= 0.6 is 0 Å². The van der Waals surface area contributed by atoms with Crippen molar-refractivity contribution in [3.8, 4) is 22.3 Å². The summed E-state index contributed by atoms with van der Waals surface area (Å²) in [5.41, 5.74) is 6.80. The lowest BCUT2D eigenvalue weighted by atomic mass is 9.80. The molecule has 8 rings (SSSR count). The van der Waals surface area contributed by atoms with Crippen molar-refractivity contribution in [2.45, 2.75) is 37.3 Å². The number of rotatable bonds is 2. The van der Waals surface area contributed by atoms with E-state index in [1.165, 1.54) is 47.6 Å². The van der Waals surface area contributed by atoms with Crippen LogP contribution in [0.5, 0.6) is 0 Å². The fraction of sp³-hybridized carbons (Fsp3) is 0.167. The summed E-state index contributed by atoms with van der Waals surface area (Å²) in [5.74, 6) is 1.28. The first-order chi connectivity index (χ1) is 19.0. The van der Waals surface area contributed by atoms with Crippen LogP contribution in [0.3, 0.4) is 0 Å². The number of hydrogen-bond donors (Lipinski definition) is 0. The van der Waals surface area contributed by atoms with Crippen LogP contribution in [0.4, 0.5) is 13.2 Å². The highest BCUT2D eigenvalue weighted by Gasteiger charge is 2.39. The first-order valence-corrected chi connectivity index (χ1v) is 13.7. The minimum Gasteiger partial charge on any atom is -0.166 e. The average Bonchev–Trinajstić information content (AvgIpc) is 3.58. The van der Waals surface area contributed by atoms with Gasteiger partial charge in [0, 0.05) is 0 Å². The molecule has 3 heteroatoms. The SMILES string of the molecule is FC(F)(F)c1ccc(-c2c3ccccc3c(-c3cccc4c3C3CCC4C3)c3ccccc23)c2ccccc12. The van der Waals surface area contributed by atoms with Crippen LogP contribution in [-0.4, -0.2) is 0 Å². The van der Waals surface area contributed by atoms with Crippen LogP contribution in [0.1, 0.15) is 47.8 Å². The molecule has 0 aromatic heterocycles. The molecule has 1 saturated carbocycles. The molecular weight excluding hydrogens is 489 g/mol. The summed E-state index contributed by atoms with van der Waals surface area (Å²) in [6.07, 6.45) is -0.639. The summed E-state index contributed by atoms with van der Waals surface area (Å²) in [5, 5.41) is 5.27. The van der Waals surface area contributed by atoms with Crippen molar-refractivity contribution < 1.29 is 13.2 Å². The van der Waals surface area contributed by atoms with Crippen molar-refractivity contribution in [2.75, 3.05) is 0 Å². The van der Waals surface area contributed by atoms with Crippen LogP contribution in [0, 0.1) is 0 Å². The number of halogens is 3. The number of hydrogen-bond acceptors (Lipinski definition) is 0. The Bertz CT molecular complexity index is 1890. The van der Waals surface area contributed by atoms with Gasteiger partial charge >= 0.3 is 6.18 Å². The van der Waals surface area contributed by atoms with Crippen molar-refractivity contribution in [1.29, 1.82) is 0 Å². The van der Waals surface area contributed by atoms with Gasteiger partial charge in [0.1, 0.15) is 0 Å². The molecule has 0 saturated heterocycles.